The van der Waals surface area contributed by atoms with Crippen LogP contribution in [-0.2, 0) is 9.53 Å². The Labute approximate surface area is 161 Å². The van der Waals surface area contributed by atoms with E-state index in [1.54, 1.807) is 27.2 Å². The van der Waals surface area contributed by atoms with Gasteiger partial charge in [0.2, 0.25) is 0 Å². The second-order valence-electron chi connectivity index (χ2n) is 6.61. The monoisotopic (exact) mass is 419 g/mol. The van der Waals surface area contributed by atoms with Crippen LogP contribution in [0.4, 0.5) is 0 Å². The molecule has 1 aliphatic carbocycles. The molecule has 5 nitrogen and oxygen atoms in total. The molecule has 26 heavy (non-hydrogen) atoms. The second kappa shape index (κ2) is 7.34. The van der Waals surface area contributed by atoms with Gasteiger partial charge in [0.05, 0.1) is 24.3 Å². The van der Waals surface area contributed by atoms with Gasteiger partial charge in [-0.1, -0.05) is 5.92 Å². The van der Waals surface area contributed by atoms with Gasteiger partial charge in [-0.15, -0.1) is 5.92 Å². The molecule has 0 bridgehead atoms. The van der Waals surface area contributed by atoms with E-state index in [2.05, 4.69) is 33.1 Å². The molecule has 0 aromatic heterocycles. The minimum absolute atomic E-state index is 0.0883. The number of nitrogens with one attached hydrogen (secondary N) is 1. The normalized spacial score (nSPS) is 25.1. The Kier molecular flexibility index (Phi) is 5.31. The SMILES string of the molecule is CC#Cc1cc(Br)c(C2=C(O)C3(CCC(OC)CC3)NC2=O)c(OC)c1. The molecule has 1 spiro atoms. The zero-order chi connectivity index (χ0) is 18.9. The lowest BCUT2D eigenvalue weighted by Crippen LogP contribution is -2.48. The third-order valence-electron chi connectivity index (χ3n) is 5.18. The van der Waals surface area contributed by atoms with Gasteiger partial charge in [-0.3, -0.25) is 4.79 Å². The Morgan fingerprint density at radius 1 is 1.31 bits per heavy atom. The first kappa shape index (κ1) is 18.8. The van der Waals surface area contributed by atoms with Gasteiger partial charge in [0.1, 0.15) is 11.5 Å². The van der Waals surface area contributed by atoms with Gasteiger partial charge >= 0.3 is 0 Å². The molecule has 2 N–H and O–H groups in total. The van der Waals surface area contributed by atoms with E-state index in [-0.39, 0.29) is 23.3 Å². The molecule has 0 saturated heterocycles. The lowest BCUT2D eigenvalue weighted by Gasteiger charge is -2.36. The predicted octanol–water partition coefficient (Wildman–Crippen LogP) is 3.56. The fourth-order valence-corrected chi connectivity index (χ4v) is 4.44. The molecule has 138 valence electrons. The number of ether oxygens (including phenoxy) is 2. The number of rotatable bonds is 3. The summed E-state index contributed by atoms with van der Waals surface area (Å²) in [4.78, 5) is 12.8. The number of benzene rings is 1. The maximum absolute atomic E-state index is 12.8. The Hall–Kier alpha value is -1.97. The van der Waals surface area contributed by atoms with E-state index in [0.717, 1.165) is 18.4 Å². The maximum atomic E-state index is 12.8. The molecule has 0 unspecified atom stereocenters. The van der Waals surface area contributed by atoms with Crippen LogP contribution in [0.2, 0.25) is 0 Å². The lowest BCUT2D eigenvalue weighted by atomic mass is 9.79. The van der Waals surface area contributed by atoms with Crippen molar-refractivity contribution in [2.45, 2.75) is 44.2 Å². The fraction of sp³-hybridized carbons (Fsp3) is 0.450. The Morgan fingerprint density at radius 2 is 2.00 bits per heavy atom. The molecule has 1 aliphatic heterocycles. The lowest BCUT2D eigenvalue weighted by molar-refractivity contribution is -0.116. The molecule has 1 aromatic rings. The zero-order valence-corrected chi connectivity index (χ0v) is 16.7. The smallest absolute Gasteiger partial charge is 0.256 e. The summed E-state index contributed by atoms with van der Waals surface area (Å²) < 4.78 is 11.6. The highest BCUT2D eigenvalue weighted by molar-refractivity contribution is 9.10. The minimum atomic E-state index is -0.714. The van der Waals surface area contributed by atoms with Gasteiger partial charge < -0.3 is 19.9 Å². The van der Waals surface area contributed by atoms with Crippen LogP contribution in [0.3, 0.4) is 0 Å². The highest BCUT2D eigenvalue weighted by Crippen LogP contribution is 2.45. The molecule has 0 atom stereocenters. The third-order valence-corrected chi connectivity index (χ3v) is 5.81. The summed E-state index contributed by atoms with van der Waals surface area (Å²) in [5.41, 5.74) is 0.873. The molecule has 3 rings (SSSR count). The second-order valence-corrected chi connectivity index (χ2v) is 7.46. The average Bonchev–Trinajstić information content (AvgIpc) is 2.86. The highest BCUT2D eigenvalue weighted by Gasteiger charge is 2.48. The largest absolute Gasteiger partial charge is 0.509 e. The van der Waals surface area contributed by atoms with Gasteiger partial charge in [-0.2, -0.15) is 0 Å². The number of halogens is 1. The van der Waals surface area contributed by atoms with E-state index in [4.69, 9.17) is 9.47 Å². The molecule has 1 fully saturated rings. The van der Waals surface area contributed by atoms with Crippen LogP contribution < -0.4 is 10.1 Å². The molecular formula is C20H22BrNO4. The summed E-state index contributed by atoms with van der Waals surface area (Å²) in [6.45, 7) is 1.76. The Morgan fingerprint density at radius 3 is 2.58 bits per heavy atom. The van der Waals surface area contributed by atoms with Crippen molar-refractivity contribution in [3.8, 4) is 17.6 Å². The molecule has 1 heterocycles. The van der Waals surface area contributed by atoms with Crippen LogP contribution >= 0.6 is 15.9 Å². The molecule has 1 aromatic carbocycles. The van der Waals surface area contributed by atoms with Crippen LogP contribution in [0.1, 0.15) is 43.7 Å². The van der Waals surface area contributed by atoms with Crippen molar-refractivity contribution in [2.75, 3.05) is 14.2 Å². The van der Waals surface area contributed by atoms with Crippen molar-refractivity contribution in [1.29, 1.82) is 0 Å². The summed E-state index contributed by atoms with van der Waals surface area (Å²) in [7, 11) is 3.23. The van der Waals surface area contributed by atoms with E-state index in [0.29, 0.717) is 28.6 Å². The highest BCUT2D eigenvalue weighted by atomic mass is 79.9. The first-order valence-corrected chi connectivity index (χ1v) is 9.34. The first-order valence-electron chi connectivity index (χ1n) is 8.55. The number of hydrogen-bond acceptors (Lipinski definition) is 4. The van der Waals surface area contributed by atoms with Crippen molar-refractivity contribution >= 4 is 27.4 Å². The first-order chi connectivity index (χ1) is 12.5. The quantitative estimate of drug-likeness (QED) is 0.734. The summed E-state index contributed by atoms with van der Waals surface area (Å²) in [5.74, 6) is 6.12. The molecular weight excluding hydrogens is 398 g/mol. The van der Waals surface area contributed by atoms with E-state index in [1.165, 1.54) is 0 Å². The van der Waals surface area contributed by atoms with E-state index >= 15 is 0 Å². The topological polar surface area (TPSA) is 67.8 Å². The van der Waals surface area contributed by atoms with Crippen LogP contribution in [0, 0.1) is 11.8 Å². The number of hydrogen-bond donors (Lipinski definition) is 2. The minimum Gasteiger partial charge on any atom is -0.509 e. The van der Waals surface area contributed by atoms with Gasteiger partial charge in [0.15, 0.2) is 0 Å². The van der Waals surface area contributed by atoms with Crippen molar-refractivity contribution in [1.82, 2.24) is 5.32 Å². The molecule has 2 aliphatic rings. The van der Waals surface area contributed by atoms with Crippen LogP contribution in [0.15, 0.2) is 22.4 Å². The molecule has 6 heteroatoms. The zero-order valence-electron chi connectivity index (χ0n) is 15.1. The van der Waals surface area contributed by atoms with E-state index < -0.39 is 5.54 Å². The molecule has 0 radical (unpaired) electrons. The summed E-state index contributed by atoms with van der Waals surface area (Å²) in [6, 6.07) is 3.60. The fourth-order valence-electron chi connectivity index (χ4n) is 3.80. The molecule has 1 amide bonds. The van der Waals surface area contributed by atoms with Crippen LogP contribution in [0.5, 0.6) is 5.75 Å². The number of carbonyl (C=O) groups excluding carboxylic acids is 1. The van der Waals surface area contributed by atoms with E-state index in [1.807, 2.05) is 6.07 Å². The van der Waals surface area contributed by atoms with Crippen LogP contribution in [0.25, 0.3) is 5.57 Å². The predicted molar refractivity (Wildman–Crippen MR) is 103 cm³/mol. The van der Waals surface area contributed by atoms with Gasteiger partial charge in [-0.25, -0.2) is 0 Å². The van der Waals surface area contributed by atoms with Crippen molar-refractivity contribution in [2.24, 2.45) is 0 Å². The van der Waals surface area contributed by atoms with Crippen LogP contribution in [-0.4, -0.2) is 36.9 Å². The summed E-state index contributed by atoms with van der Waals surface area (Å²) in [6.07, 6.45) is 3.04. The summed E-state index contributed by atoms with van der Waals surface area (Å²) >= 11 is 3.51. The number of amides is 1. The average molecular weight is 420 g/mol. The van der Waals surface area contributed by atoms with Gasteiger partial charge in [0.25, 0.3) is 5.91 Å². The number of methoxy groups -OCH3 is 2. The van der Waals surface area contributed by atoms with Crippen molar-refractivity contribution in [3.63, 3.8) is 0 Å². The molecule has 1 saturated carbocycles. The number of aliphatic hydroxyl groups excluding tert-OH is 1. The van der Waals surface area contributed by atoms with E-state index in [9.17, 15) is 9.90 Å². The van der Waals surface area contributed by atoms with Gasteiger partial charge in [-0.05, 0) is 60.7 Å². The standard InChI is InChI=1S/C20H22BrNO4/c1-4-5-12-10-14(21)16(15(11-12)26-3)17-18(23)20(22-19(17)24)8-6-13(25-2)7-9-20/h10-11,13,23H,6-9H2,1-3H3,(H,22,24). The van der Waals surface area contributed by atoms with Crippen molar-refractivity contribution in [3.05, 3.63) is 33.5 Å². The summed E-state index contributed by atoms with van der Waals surface area (Å²) in [5, 5.41) is 14.0. The number of aliphatic hydroxyl groups is 1. The maximum Gasteiger partial charge on any atom is 0.256 e. The van der Waals surface area contributed by atoms with Crippen molar-refractivity contribution < 1.29 is 19.4 Å². The number of carbonyl (C=O) groups is 1. The Bertz CT molecular complexity index is 826. The van der Waals surface area contributed by atoms with Gasteiger partial charge in [0, 0.05) is 22.7 Å². The third kappa shape index (κ3) is 3.10. The Balaban J connectivity index is 2.08.